The molecule has 3 heteroatoms. The molecule has 0 saturated heterocycles. The summed E-state index contributed by atoms with van der Waals surface area (Å²) in [4.78, 5) is 11.7. The van der Waals surface area contributed by atoms with Crippen molar-refractivity contribution in [3.05, 3.63) is 21.3 Å². The number of hydrogen-bond acceptors (Lipinski definition) is 2. The van der Waals surface area contributed by atoms with E-state index in [2.05, 4.69) is 0 Å². The van der Waals surface area contributed by atoms with Gasteiger partial charge in [0.05, 0.1) is 9.90 Å². The highest BCUT2D eigenvalue weighted by molar-refractivity contribution is 7.12. The lowest BCUT2D eigenvalue weighted by atomic mass is 10.3. The Balaban J connectivity index is 2.85. The van der Waals surface area contributed by atoms with Gasteiger partial charge in [-0.05, 0) is 6.07 Å². The lowest BCUT2D eigenvalue weighted by Crippen LogP contribution is -1.90. The first-order valence-corrected chi connectivity index (χ1v) is 4.27. The first-order chi connectivity index (χ1) is 4.74. The van der Waals surface area contributed by atoms with E-state index in [1.165, 1.54) is 11.3 Å². The van der Waals surface area contributed by atoms with Crippen LogP contribution in [-0.2, 0) is 0 Å². The summed E-state index contributed by atoms with van der Waals surface area (Å²) in [6, 6.07) is 1.71. The zero-order chi connectivity index (χ0) is 7.56. The van der Waals surface area contributed by atoms with E-state index >= 15 is 0 Å². The van der Waals surface area contributed by atoms with Crippen molar-refractivity contribution in [2.75, 3.05) is 0 Å². The topological polar surface area (TPSA) is 17.1 Å². The predicted octanol–water partition coefficient (Wildman–Crippen LogP) is 2.99. The molecule has 1 heterocycles. The first kappa shape index (κ1) is 7.76. The van der Waals surface area contributed by atoms with Crippen molar-refractivity contribution in [1.29, 1.82) is 0 Å². The standard InChI is InChI=1S/C7H7ClOS/c1-2-6(9)7-3-5(8)4-10-7/h3-4H,2H2,1H3. The molecule has 0 aliphatic heterocycles. The van der Waals surface area contributed by atoms with Gasteiger partial charge in [-0.15, -0.1) is 11.3 Å². The van der Waals surface area contributed by atoms with Gasteiger partial charge in [0.1, 0.15) is 0 Å². The van der Waals surface area contributed by atoms with Gasteiger partial charge in [-0.25, -0.2) is 0 Å². The Labute approximate surface area is 68.6 Å². The van der Waals surface area contributed by atoms with Crippen molar-refractivity contribution in [3.8, 4) is 0 Å². The molecular formula is C7H7ClOS. The number of carbonyl (C=O) groups excluding carboxylic acids is 1. The van der Waals surface area contributed by atoms with Crippen LogP contribution in [0.3, 0.4) is 0 Å². The Kier molecular flexibility index (Phi) is 2.46. The molecule has 0 saturated carbocycles. The van der Waals surface area contributed by atoms with E-state index in [1.54, 1.807) is 11.4 Å². The molecule has 0 spiro atoms. The lowest BCUT2D eigenvalue weighted by molar-refractivity contribution is 0.0992. The molecule has 0 unspecified atom stereocenters. The van der Waals surface area contributed by atoms with Crippen LogP contribution in [0.25, 0.3) is 0 Å². The van der Waals surface area contributed by atoms with E-state index in [-0.39, 0.29) is 5.78 Å². The zero-order valence-corrected chi connectivity index (χ0v) is 7.13. The number of rotatable bonds is 2. The van der Waals surface area contributed by atoms with Crippen molar-refractivity contribution < 1.29 is 4.79 Å². The molecule has 1 nitrogen and oxygen atoms in total. The minimum absolute atomic E-state index is 0.164. The highest BCUT2D eigenvalue weighted by Crippen LogP contribution is 2.19. The van der Waals surface area contributed by atoms with E-state index in [1.807, 2.05) is 6.92 Å². The molecule has 0 fully saturated rings. The van der Waals surface area contributed by atoms with Crippen LogP contribution in [0.15, 0.2) is 11.4 Å². The van der Waals surface area contributed by atoms with Crippen LogP contribution >= 0.6 is 22.9 Å². The monoisotopic (exact) mass is 174 g/mol. The second-order valence-electron chi connectivity index (χ2n) is 1.91. The molecule has 0 aromatic carbocycles. The number of Topliss-reactive ketones (excluding diaryl/α,β-unsaturated/α-hetero) is 1. The summed E-state index contributed by atoms with van der Waals surface area (Å²) in [5, 5.41) is 2.42. The summed E-state index contributed by atoms with van der Waals surface area (Å²) in [5.74, 6) is 0.164. The van der Waals surface area contributed by atoms with Gasteiger partial charge in [0.15, 0.2) is 5.78 Å². The third kappa shape index (κ3) is 1.58. The van der Waals surface area contributed by atoms with Gasteiger partial charge in [0.2, 0.25) is 0 Å². The third-order valence-corrected chi connectivity index (χ3v) is 2.48. The fourth-order valence-corrected chi connectivity index (χ4v) is 1.72. The second kappa shape index (κ2) is 3.17. The average molecular weight is 175 g/mol. The van der Waals surface area contributed by atoms with Crippen molar-refractivity contribution in [1.82, 2.24) is 0 Å². The summed E-state index contributed by atoms with van der Waals surface area (Å²) >= 11 is 7.02. The van der Waals surface area contributed by atoms with Crippen LogP contribution in [-0.4, -0.2) is 5.78 Å². The fraction of sp³-hybridized carbons (Fsp3) is 0.286. The molecule has 0 bridgehead atoms. The third-order valence-electron chi connectivity index (χ3n) is 1.16. The SMILES string of the molecule is CCC(=O)c1cc(Cl)cs1. The highest BCUT2D eigenvalue weighted by atomic mass is 35.5. The number of carbonyl (C=O) groups is 1. The van der Waals surface area contributed by atoms with E-state index < -0.39 is 0 Å². The lowest BCUT2D eigenvalue weighted by Gasteiger charge is -1.86. The summed E-state index contributed by atoms with van der Waals surface area (Å²) in [6.07, 6.45) is 0.552. The molecule has 54 valence electrons. The number of halogens is 1. The zero-order valence-electron chi connectivity index (χ0n) is 5.56. The normalized spacial score (nSPS) is 9.80. The van der Waals surface area contributed by atoms with Gasteiger partial charge in [-0.3, -0.25) is 4.79 Å². The van der Waals surface area contributed by atoms with Crippen LogP contribution in [0.4, 0.5) is 0 Å². The summed E-state index contributed by atoms with van der Waals surface area (Å²) in [5.41, 5.74) is 0. The Hall–Kier alpha value is -0.340. The van der Waals surface area contributed by atoms with Gasteiger partial charge in [-0.2, -0.15) is 0 Å². The minimum atomic E-state index is 0.164. The van der Waals surface area contributed by atoms with E-state index in [4.69, 9.17) is 11.6 Å². The van der Waals surface area contributed by atoms with Gasteiger partial charge >= 0.3 is 0 Å². The minimum Gasteiger partial charge on any atom is -0.293 e. The maximum atomic E-state index is 11.0. The molecule has 0 radical (unpaired) electrons. The molecule has 0 aliphatic rings. The Morgan fingerprint density at radius 3 is 2.90 bits per heavy atom. The number of thiophene rings is 1. The van der Waals surface area contributed by atoms with Crippen molar-refractivity contribution in [3.63, 3.8) is 0 Å². The van der Waals surface area contributed by atoms with Crippen molar-refractivity contribution in [2.24, 2.45) is 0 Å². The van der Waals surface area contributed by atoms with Crippen LogP contribution in [0.2, 0.25) is 5.02 Å². The maximum absolute atomic E-state index is 11.0. The summed E-state index contributed by atoms with van der Waals surface area (Å²) in [7, 11) is 0. The molecule has 0 amide bonds. The van der Waals surface area contributed by atoms with E-state index in [0.717, 1.165) is 4.88 Å². The predicted molar refractivity (Wildman–Crippen MR) is 44.0 cm³/mol. The molecule has 1 aromatic rings. The van der Waals surface area contributed by atoms with Crippen LogP contribution in [0, 0.1) is 0 Å². The van der Waals surface area contributed by atoms with Crippen LogP contribution in [0.5, 0.6) is 0 Å². The Bertz CT molecular complexity index is 242. The number of ketones is 1. The molecule has 1 rings (SSSR count). The molecule has 0 aliphatic carbocycles. The molecule has 0 N–H and O–H groups in total. The van der Waals surface area contributed by atoms with Gasteiger partial charge < -0.3 is 0 Å². The molecular weight excluding hydrogens is 168 g/mol. The van der Waals surface area contributed by atoms with Crippen LogP contribution < -0.4 is 0 Å². The van der Waals surface area contributed by atoms with Gasteiger partial charge in [0, 0.05) is 11.8 Å². The van der Waals surface area contributed by atoms with Crippen molar-refractivity contribution >= 4 is 28.7 Å². The summed E-state index contributed by atoms with van der Waals surface area (Å²) in [6.45, 7) is 1.84. The van der Waals surface area contributed by atoms with Gasteiger partial charge in [-0.1, -0.05) is 18.5 Å². The number of hydrogen-bond donors (Lipinski definition) is 0. The van der Waals surface area contributed by atoms with Crippen LogP contribution in [0.1, 0.15) is 23.0 Å². The van der Waals surface area contributed by atoms with E-state index in [9.17, 15) is 4.79 Å². The summed E-state index contributed by atoms with van der Waals surface area (Å²) < 4.78 is 0. The molecule has 10 heavy (non-hydrogen) atoms. The average Bonchev–Trinajstić information content (AvgIpc) is 2.34. The fourth-order valence-electron chi connectivity index (χ4n) is 0.634. The quantitative estimate of drug-likeness (QED) is 0.630. The van der Waals surface area contributed by atoms with Crippen molar-refractivity contribution in [2.45, 2.75) is 13.3 Å². The van der Waals surface area contributed by atoms with E-state index in [0.29, 0.717) is 11.4 Å². The maximum Gasteiger partial charge on any atom is 0.172 e. The first-order valence-electron chi connectivity index (χ1n) is 3.01. The molecule has 0 atom stereocenters. The smallest absolute Gasteiger partial charge is 0.172 e. The Morgan fingerprint density at radius 2 is 2.50 bits per heavy atom. The highest BCUT2D eigenvalue weighted by Gasteiger charge is 2.04. The second-order valence-corrected chi connectivity index (χ2v) is 3.25. The largest absolute Gasteiger partial charge is 0.293 e. The Morgan fingerprint density at radius 1 is 1.80 bits per heavy atom. The molecule has 1 aromatic heterocycles. The van der Waals surface area contributed by atoms with Gasteiger partial charge in [0.25, 0.3) is 0 Å².